The zero-order valence-electron chi connectivity index (χ0n) is 10.2. The van der Waals surface area contributed by atoms with Gasteiger partial charge < -0.3 is 10.6 Å². The molecule has 118 valence electrons. The molecular weight excluding hydrogens is 325 g/mol. The SMILES string of the molecule is FCCNC(=S)Nc1cc(C(F)(F)F)cc(C(F)(F)F)c1. The topological polar surface area (TPSA) is 24.1 Å². The molecule has 0 bridgehead atoms. The van der Waals surface area contributed by atoms with E-state index >= 15 is 0 Å². The summed E-state index contributed by atoms with van der Waals surface area (Å²) >= 11 is 4.62. The third kappa shape index (κ3) is 5.37. The highest BCUT2D eigenvalue weighted by molar-refractivity contribution is 7.80. The second-order valence-electron chi connectivity index (χ2n) is 3.86. The minimum Gasteiger partial charge on any atom is -0.360 e. The molecule has 0 amide bonds. The molecule has 21 heavy (non-hydrogen) atoms. The lowest BCUT2D eigenvalue weighted by Gasteiger charge is -2.15. The standard InChI is InChI=1S/C11H9F7N2S/c12-1-2-19-9(21)20-8-4-6(10(13,14)15)3-7(5-8)11(16,17)18/h3-5H,1-2H2,(H2,19,20,21). The fraction of sp³-hybridized carbons (Fsp3) is 0.364. The molecule has 1 rings (SSSR count). The summed E-state index contributed by atoms with van der Waals surface area (Å²) in [5.41, 5.74) is -3.42. The number of thiocarbonyl (C=S) groups is 1. The van der Waals surface area contributed by atoms with Crippen LogP contribution in [0.4, 0.5) is 36.4 Å². The molecule has 0 spiro atoms. The molecule has 0 fully saturated rings. The van der Waals surface area contributed by atoms with Gasteiger partial charge >= 0.3 is 12.4 Å². The van der Waals surface area contributed by atoms with Crippen LogP contribution in [-0.2, 0) is 12.4 Å². The predicted octanol–water partition coefficient (Wildman–Crippen LogP) is 3.98. The van der Waals surface area contributed by atoms with Gasteiger partial charge in [-0.05, 0) is 30.4 Å². The van der Waals surface area contributed by atoms with Gasteiger partial charge in [0.25, 0.3) is 0 Å². The first-order chi connectivity index (χ1) is 9.54. The Balaban J connectivity index is 3.11. The first kappa shape index (κ1) is 17.5. The molecule has 0 aliphatic rings. The van der Waals surface area contributed by atoms with E-state index in [1.165, 1.54) is 0 Å². The van der Waals surface area contributed by atoms with Gasteiger partial charge in [0.1, 0.15) is 6.67 Å². The molecule has 0 aromatic heterocycles. The maximum atomic E-state index is 12.6. The summed E-state index contributed by atoms with van der Waals surface area (Å²) in [6.07, 6.45) is -9.88. The van der Waals surface area contributed by atoms with Gasteiger partial charge in [-0.1, -0.05) is 0 Å². The Morgan fingerprint density at radius 3 is 1.81 bits per heavy atom. The van der Waals surface area contributed by atoms with Gasteiger partial charge in [-0.15, -0.1) is 0 Å². The minimum atomic E-state index is -4.94. The van der Waals surface area contributed by atoms with E-state index in [4.69, 9.17) is 0 Å². The first-order valence-electron chi connectivity index (χ1n) is 5.44. The number of halogens is 7. The fourth-order valence-corrected chi connectivity index (χ4v) is 1.58. The lowest BCUT2D eigenvalue weighted by Crippen LogP contribution is -2.30. The first-order valence-corrected chi connectivity index (χ1v) is 5.85. The molecule has 0 unspecified atom stereocenters. The number of nitrogens with one attached hydrogen (secondary N) is 2. The average molecular weight is 334 g/mol. The van der Waals surface area contributed by atoms with Gasteiger partial charge in [0, 0.05) is 12.2 Å². The maximum absolute atomic E-state index is 12.6. The number of hydrogen-bond acceptors (Lipinski definition) is 1. The van der Waals surface area contributed by atoms with Crippen LogP contribution in [-0.4, -0.2) is 18.3 Å². The van der Waals surface area contributed by atoms with Crippen molar-refractivity contribution in [3.63, 3.8) is 0 Å². The van der Waals surface area contributed by atoms with Crippen molar-refractivity contribution in [2.45, 2.75) is 12.4 Å². The van der Waals surface area contributed by atoms with Crippen molar-refractivity contribution in [1.82, 2.24) is 5.32 Å². The van der Waals surface area contributed by atoms with Gasteiger partial charge in [0.2, 0.25) is 0 Å². The fourth-order valence-electron chi connectivity index (χ4n) is 1.36. The van der Waals surface area contributed by atoms with Crippen LogP contribution < -0.4 is 10.6 Å². The molecule has 0 saturated carbocycles. The van der Waals surface area contributed by atoms with Crippen LogP contribution >= 0.6 is 12.2 Å². The van der Waals surface area contributed by atoms with Crippen molar-refractivity contribution >= 4 is 23.0 Å². The highest BCUT2D eigenvalue weighted by Gasteiger charge is 2.36. The molecule has 0 aliphatic heterocycles. The molecule has 0 heterocycles. The molecule has 0 saturated heterocycles. The molecule has 1 aromatic rings. The number of hydrogen-bond donors (Lipinski definition) is 2. The van der Waals surface area contributed by atoms with E-state index in [0.29, 0.717) is 12.1 Å². The van der Waals surface area contributed by atoms with Crippen LogP contribution in [0, 0.1) is 0 Å². The molecule has 0 radical (unpaired) electrons. The summed E-state index contributed by atoms with van der Waals surface area (Å²) in [6, 6.07) is 0.973. The van der Waals surface area contributed by atoms with Crippen LogP contribution in [0.25, 0.3) is 0 Å². The quantitative estimate of drug-likeness (QED) is 0.646. The summed E-state index contributed by atoms with van der Waals surface area (Å²) in [6.45, 7) is -1.00. The van der Waals surface area contributed by atoms with Gasteiger partial charge in [0.05, 0.1) is 11.1 Å². The molecule has 0 aliphatic carbocycles. The maximum Gasteiger partial charge on any atom is 0.416 e. The normalized spacial score (nSPS) is 12.1. The molecule has 10 heteroatoms. The predicted molar refractivity (Wildman–Crippen MR) is 66.6 cm³/mol. The number of benzene rings is 1. The molecule has 2 N–H and O–H groups in total. The highest BCUT2D eigenvalue weighted by atomic mass is 32.1. The summed E-state index contributed by atoms with van der Waals surface area (Å²) in [7, 11) is 0. The highest BCUT2D eigenvalue weighted by Crippen LogP contribution is 2.37. The Morgan fingerprint density at radius 2 is 1.43 bits per heavy atom. The van der Waals surface area contributed by atoms with Crippen LogP contribution in [0.2, 0.25) is 0 Å². The number of rotatable bonds is 3. The van der Waals surface area contributed by atoms with E-state index in [0.717, 1.165) is 0 Å². The summed E-state index contributed by atoms with van der Waals surface area (Å²) in [5.74, 6) is 0. The second kappa shape index (κ2) is 6.46. The molecule has 2 nitrogen and oxygen atoms in total. The van der Waals surface area contributed by atoms with E-state index in [-0.39, 0.29) is 17.7 Å². The van der Waals surface area contributed by atoms with Crippen molar-refractivity contribution in [3.05, 3.63) is 29.3 Å². The second-order valence-corrected chi connectivity index (χ2v) is 4.27. The zero-order chi connectivity index (χ0) is 16.3. The van der Waals surface area contributed by atoms with Crippen molar-refractivity contribution in [1.29, 1.82) is 0 Å². The summed E-state index contributed by atoms with van der Waals surface area (Å²) in [5, 5.41) is 4.16. The van der Waals surface area contributed by atoms with E-state index in [2.05, 4.69) is 22.9 Å². The molecular formula is C11H9F7N2S. The Bertz CT molecular complexity index is 478. The molecule has 0 atom stereocenters. The van der Waals surface area contributed by atoms with Gasteiger partial charge in [-0.25, -0.2) is 4.39 Å². The van der Waals surface area contributed by atoms with Crippen LogP contribution in [0.3, 0.4) is 0 Å². The van der Waals surface area contributed by atoms with E-state index < -0.39 is 35.8 Å². The lowest BCUT2D eigenvalue weighted by atomic mass is 10.1. The number of alkyl halides is 7. The largest absolute Gasteiger partial charge is 0.416 e. The lowest BCUT2D eigenvalue weighted by molar-refractivity contribution is -0.143. The van der Waals surface area contributed by atoms with Crippen LogP contribution in [0.5, 0.6) is 0 Å². The average Bonchev–Trinajstić information content (AvgIpc) is 2.34. The minimum absolute atomic E-state index is 0.00319. The van der Waals surface area contributed by atoms with Gasteiger partial charge in [0.15, 0.2) is 5.11 Å². The Morgan fingerprint density at radius 1 is 0.952 bits per heavy atom. The Hall–Kier alpha value is -1.58. The van der Waals surface area contributed by atoms with Crippen molar-refractivity contribution in [3.8, 4) is 0 Å². The van der Waals surface area contributed by atoms with Gasteiger partial charge in [-0.3, -0.25) is 0 Å². The Kier molecular flexibility index (Phi) is 5.37. The third-order valence-electron chi connectivity index (χ3n) is 2.23. The smallest absolute Gasteiger partial charge is 0.360 e. The van der Waals surface area contributed by atoms with E-state index in [1.54, 1.807) is 0 Å². The summed E-state index contributed by atoms with van der Waals surface area (Å²) in [4.78, 5) is 0. The monoisotopic (exact) mass is 334 g/mol. The van der Waals surface area contributed by atoms with E-state index in [1.807, 2.05) is 0 Å². The van der Waals surface area contributed by atoms with Crippen molar-refractivity contribution < 1.29 is 30.7 Å². The van der Waals surface area contributed by atoms with Crippen LogP contribution in [0.15, 0.2) is 18.2 Å². The van der Waals surface area contributed by atoms with Crippen molar-refractivity contribution in [2.75, 3.05) is 18.5 Å². The van der Waals surface area contributed by atoms with E-state index in [9.17, 15) is 30.7 Å². The number of anilines is 1. The molecule has 1 aromatic carbocycles. The summed E-state index contributed by atoms with van der Waals surface area (Å²) < 4.78 is 87.4. The third-order valence-corrected chi connectivity index (χ3v) is 2.47. The Labute approximate surface area is 120 Å². The van der Waals surface area contributed by atoms with Crippen LogP contribution in [0.1, 0.15) is 11.1 Å². The zero-order valence-corrected chi connectivity index (χ0v) is 11.0. The van der Waals surface area contributed by atoms with Gasteiger partial charge in [-0.2, -0.15) is 26.3 Å². The van der Waals surface area contributed by atoms with Crippen molar-refractivity contribution in [2.24, 2.45) is 0 Å².